The van der Waals surface area contributed by atoms with Crippen LogP contribution in [0.25, 0.3) is 0 Å². The Kier molecular flexibility index (Phi) is 3.43. The largest absolute Gasteiger partial charge is 0.478 e. The molecule has 0 radical (unpaired) electrons. The summed E-state index contributed by atoms with van der Waals surface area (Å²) < 4.78 is 0. The summed E-state index contributed by atoms with van der Waals surface area (Å²) in [5.41, 5.74) is 0.738. The van der Waals surface area contributed by atoms with Crippen LogP contribution in [0.1, 0.15) is 10.4 Å². The van der Waals surface area contributed by atoms with Gasteiger partial charge in [-0.25, -0.2) is 9.78 Å². The highest BCUT2D eigenvalue weighted by atomic mass is 35.5. The van der Waals surface area contributed by atoms with E-state index in [1.54, 1.807) is 42.7 Å². The number of halogens is 1. The molecule has 0 aliphatic heterocycles. The minimum Gasteiger partial charge on any atom is -0.478 e. The van der Waals surface area contributed by atoms with Gasteiger partial charge in [-0.1, -0.05) is 11.6 Å². The summed E-state index contributed by atoms with van der Waals surface area (Å²) in [5.74, 6) is -0.439. The zero-order valence-corrected chi connectivity index (χ0v) is 10.3. The lowest BCUT2D eigenvalue weighted by atomic mass is 10.2. The zero-order chi connectivity index (χ0) is 13.1. The second kappa shape index (κ2) is 5.01. The molecule has 6 heteroatoms. The Bertz CT molecular complexity index is 575. The number of hydrogen-bond donors (Lipinski definition) is 1. The molecule has 1 aromatic heterocycles. The SMILES string of the molecule is CN(c1ccc(Cl)c(C(=O)O)c1)c1cnccn1. The van der Waals surface area contributed by atoms with Crippen LogP contribution in [-0.2, 0) is 0 Å². The number of aromatic carboxylic acids is 1. The average Bonchev–Trinajstić information content (AvgIpc) is 2.39. The Morgan fingerprint density at radius 3 is 2.78 bits per heavy atom. The van der Waals surface area contributed by atoms with Crippen LogP contribution >= 0.6 is 11.6 Å². The van der Waals surface area contributed by atoms with Gasteiger partial charge in [-0.05, 0) is 18.2 Å². The predicted octanol–water partition coefficient (Wildman–Crippen LogP) is 2.60. The highest BCUT2D eigenvalue weighted by molar-refractivity contribution is 6.33. The number of anilines is 2. The van der Waals surface area contributed by atoms with E-state index in [1.807, 2.05) is 0 Å². The molecular formula is C12H10ClN3O2. The summed E-state index contributed by atoms with van der Waals surface area (Å²) in [5, 5.41) is 9.22. The van der Waals surface area contributed by atoms with Crippen molar-refractivity contribution in [1.29, 1.82) is 0 Å². The van der Waals surface area contributed by atoms with Gasteiger partial charge in [0.25, 0.3) is 0 Å². The van der Waals surface area contributed by atoms with E-state index in [1.165, 1.54) is 6.07 Å². The summed E-state index contributed by atoms with van der Waals surface area (Å²) in [6, 6.07) is 4.77. The first-order valence-electron chi connectivity index (χ1n) is 5.12. The first-order chi connectivity index (χ1) is 8.59. The Balaban J connectivity index is 2.40. The minimum absolute atomic E-state index is 0.0601. The second-order valence-electron chi connectivity index (χ2n) is 3.59. The third-order valence-corrected chi connectivity index (χ3v) is 2.79. The fourth-order valence-corrected chi connectivity index (χ4v) is 1.68. The van der Waals surface area contributed by atoms with Gasteiger partial charge >= 0.3 is 5.97 Å². The van der Waals surface area contributed by atoms with E-state index in [0.29, 0.717) is 11.5 Å². The van der Waals surface area contributed by atoms with Crippen molar-refractivity contribution in [3.63, 3.8) is 0 Å². The summed E-state index contributed by atoms with van der Waals surface area (Å²) >= 11 is 5.81. The number of carboxylic acids is 1. The molecule has 0 saturated carbocycles. The number of aromatic nitrogens is 2. The zero-order valence-electron chi connectivity index (χ0n) is 9.54. The lowest BCUT2D eigenvalue weighted by Crippen LogP contribution is -2.12. The quantitative estimate of drug-likeness (QED) is 0.922. The van der Waals surface area contributed by atoms with Gasteiger partial charge in [-0.3, -0.25) is 4.98 Å². The van der Waals surface area contributed by atoms with Gasteiger partial charge < -0.3 is 10.0 Å². The van der Waals surface area contributed by atoms with Crippen LogP contribution in [0.2, 0.25) is 5.02 Å². The van der Waals surface area contributed by atoms with Crippen molar-refractivity contribution in [2.75, 3.05) is 11.9 Å². The van der Waals surface area contributed by atoms with Crippen molar-refractivity contribution in [2.24, 2.45) is 0 Å². The number of nitrogens with zero attached hydrogens (tertiary/aromatic N) is 3. The average molecular weight is 264 g/mol. The van der Waals surface area contributed by atoms with Gasteiger partial charge in [-0.2, -0.15) is 0 Å². The molecule has 18 heavy (non-hydrogen) atoms. The summed E-state index contributed by atoms with van der Waals surface area (Å²) in [7, 11) is 1.78. The predicted molar refractivity (Wildman–Crippen MR) is 68.5 cm³/mol. The molecule has 2 rings (SSSR count). The third kappa shape index (κ3) is 2.41. The molecule has 2 aromatic rings. The highest BCUT2D eigenvalue weighted by Crippen LogP contribution is 2.26. The molecule has 1 heterocycles. The molecular weight excluding hydrogens is 254 g/mol. The van der Waals surface area contributed by atoms with E-state index in [2.05, 4.69) is 9.97 Å². The van der Waals surface area contributed by atoms with E-state index in [0.717, 1.165) is 0 Å². The lowest BCUT2D eigenvalue weighted by Gasteiger charge is -2.18. The molecule has 0 unspecified atom stereocenters. The molecule has 0 spiro atoms. The number of rotatable bonds is 3. The van der Waals surface area contributed by atoms with Gasteiger partial charge in [0.2, 0.25) is 0 Å². The van der Waals surface area contributed by atoms with Crippen molar-refractivity contribution in [1.82, 2.24) is 9.97 Å². The molecule has 0 saturated heterocycles. The maximum Gasteiger partial charge on any atom is 0.337 e. The Hall–Kier alpha value is -2.14. The second-order valence-corrected chi connectivity index (χ2v) is 4.00. The van der Waals surface area contributed by atoms with E-state index in [-0.39, 0.29) is 10.6 Å². The highest BCUT2D eigenvalue weighted by Gasteiger charge is 2.12. The summed E-state index contributed by atoms with van der Waals surface area (Å²) in [6.45, 7) is 0. The smallest absolute Gasteiger partial charge is 0.337 e. The molecule has 1 N–H and O–H groups in total. The maximum atomic E-state index is 11.0. The maximum absolute atomic E-state index is 11.0. The van der Waals surface area contributed by atoms with Crippen LogP contribution < -0.4 is 4.90 Å². The van der Waals surface area contributed by atoms with E-state index in [9.17, 15) is 4.79 Å². The first kappa shape index (κ1) is 12.3. The molecule has 0 aliphatic rings. The summed E-state index contributed by atoms with van der Waals surface area (Å²) in [4.78, 5) is 20.8. The Labute approximate surface area is 109 Å². The van der Waals surface area contributed by atoms with Gasteiger partial charge in [0, 0.05) is 25.1 Å². The van der Waals surface area contributed by atoms with E-state index < -0.39 is 5.97 Å². The van der Waals surface area contributed by atoms with Crippen molar-refractivity contribution in [2.45, 2.75) is 0 Å². The van der Waals surface area contributed by atoms with Crippen LogP contribution in [0, 0.1) is 0 Å². The van der Waals surface area contributed by atoms with Gasteiger partial charge in [0.05, 0.1) is 16.8 Å². The fourth-order valence-electron chi connectivity index (χ4n) is 1.48. The molecule has 92 valence electrons. The molecule has 0 atom stereocenters. The monoisotopic (exact) mass is 263 g/mol. The van der Waals surface area contributed by atoms with Crippen LogP contribution in [0.5, 0.6) is 0 Å². The number of carboxylic acid groups (broad SMARTS) is 1. The van der Waals surface area contributed by atoms with Gasteiger partial charge in [0.1, 0.15) is 0 Å². The summed E-state index contributed by atoms with van der Waals surface area (Å²) in [6.07, 6.45) is 4.73. The van der Waals surface area contributed by atoms with E-state index >= 15 is 0 Å². The van der Waals surface area contributed by atoms with E-state index in [4.69, 9.17) is 16.7 Å². The molecule has 0 aliphatic carbocycles. The molecule has 5 nitrogen and oxygen atoms in total. The van der Waals surface area contributed by atoms with Crippen LogP contribution in [0.3, 0.4) is 0 Å². The first-order valence-corrected chi connectivity index (χ1v) is 5.50. The van der Waals surface area contributed by atoms with Crippen LogP contribution in [-0.4, -0.2) is 28.1 Å². The minimum atomic E-state index is -1.06. The normalized spacial score (nSPS) is 10.1. The topological polar surface area (TPSA) is 66.3 Å². The Morgan fingerprint density at radius 1 is 1.39 bits per heavy atom. The van der Waals surface area contributed by atoms with Crippen molar-refractivity contribution >= 4 is 29.1 Å². The number of hydrogen-bond acceptors (Lipinski definition) is 4. The fraction of sp³-hybridized carbons (Fsp3) is 0.0833. The van der Waals surface area contributed by atoms with Crippen molar-refractivity contribution in [3.05, 3.63) is 47.4 Å². The number of benzene rings is 1. The molecule has 0 amide bonds. The van der Waals surface area contributed by atoms with Gasteiger partial charge in [0.15, 0.2) is 5.82 Å². The standard InChI is InChI=1S/C12H10ClN3O2/c1-16(11-7-14-4-5-15-11)8-2-3-10(13)9(6-8)12(17)18/h2-7H,1H3,(H,17,18). The van der Waals surface area contributed by atoms with Gasteiger partial charge in [-0.15, -0.1) is 0 Å². The number of carbonyl (C=O) groups is 1. The van der Waals surface area contributed by atoms with Crippen LogP contribution in [0.15, 0.2) is 36.8 Å². The third-order valence-electron chi connectivity index (χ3n) is 2.46. The molecule has 0 fully saturated rings. The van der Waals surface area contributed by atoms with Crippen LogP contribution in [0.4, 0.5) is 11.5 Å². The molecule has 1 aromatic carbocycles. The van der Waals surface area contributed by atoms with Crippen molar-refractivity contribution in [3.8, 4) is 0 Å². The van der Waals surface area contributed by atoms with Crippen molar-refractivity contribution < 1.29 is 9.90 Å². The lowest BCUT2D eigenvalue weighted by molar-refractivity contribution is 0.0697. The molecule has 0 bridgehead atoms. The Morgan fingerprint density at radius 2 is 2.17 bits per heavy atom.